The zero-order valence-corrected chi connectivity index (χ0v) is 16.6. The Hall–Kier alpha value is -3.67. The fourth-order valence-corrected chi connectivity index (χ4v) is 3.24. The molecule has 0 aliphatic rings. The summed E-state index contributed by atoms with van der Waals surface area (Å²) in [7, 11) is 1.65. The zero-order chi connectivity index (χ0) is 20.4. The summed E-state index contributed by atoms with van der Waals surface area (Å²) < 4.78 is 7.09. The van der Waals surface area contributed by atoms with Crippen molar-refractivity contribution in [3.05, 3.63) is 82.9 Å². The Bertz CT molecular complexity index is 1200. The summed E-state index contributed by atoms with van der Waals surface area (Å²) in [5.41, 5.74) is 6.10. The second kappa shape index (κ2) is 7.75. The molecule has 0 saturated heterocycles. The lowest BCUT2D eigenvalue weighted by Gasteiger charge is -2.09. The van der Waals surface area contributed by atoms with Gasteiger partial charge in [0.15, 0.2) is 0 Å². The van der Waals surface area contributed by atoms with Crippen LogP contribution in [0.1, 0.15) is 27.0 Å². The lowest BCUT2D eigenvalue weighted by Crippen LogP contribution is -2.13. The van der Waals surface area contributed by atoms with Crippen LogP contribution in [-0.4, -0.2) is 28.0 Å². The third-order valence-electron chi connectivity index (χ3n) is 4.88. The molecular formula is C23H22N4O2. The number of amides is 1. The maximum Gasteiger partial charge on any atom is 0.255 e. The Labute approximate surface area is 169 Å². The van der Waals surface area contributed by atoms with E-state index in [2.05, 4.69) is 15.6 Å². The molecule has 4 rings (SSSR count). The zero-order valence-electron chi connectivity index (χ0n) is 16.6. The van der Waals surface area contributed by atoms with E-state index in [9.17, 15) is 4.79 Å². The summed E-state index contributed by atoms with van der Waals surface area (Å²) in [6.45, 7) is 4.55. The maximum atomic E-state index is 12.7. The largest absolute Gasteiger partial charge is 0.497 e. The molecule has 0 atom stereocenters. The van der Waals surface area contributed by atoms with Gasteiger partial charge in [-0.1, -0.05) is 29.5 Å². The van der Waals surface area contributed by atoms with E-state index in [1.807, 2.05) is 67.1 Å². The van der Waals surface area contributed by atoms with E-state index in [0.29, 0.717) is 17.6 Å². The number of fused-ring (bicyclic) bond motifs is 1. The molecule has 0 fully saturated rings. The van der Waals surface area contributed by atoms with Crippen LogP contribution in [0, 0.1) is 13.8 Å². The highest BCUT2D eigenvalue weighted by molar-refractivity contribution is 6.06. The van der Waals surface area contributed by atoms with E-state index >= 15 is 0 Å². The normalized spacial score (nSPS) is 10.9. The van der Waals surface area contributed by atoms with E-state index in [-0.39, 0.29) is 5.91 Å². The van der Waals surface area contributed by atoms with Crippen molar-refractivity contribution in [2.45, 2.75) is 20.4 Å². The number of nitrogens with one attached hydrogen (secondary N) is 1. The number of benzene rings is 3. The second-order valence-electron chi connectivity index (χ2n) is 7.07. The van der Waals surface area contributed by atoms with Crippen molar-refractivity contribution in [2.75, 3.05) is 12.4 Å². The second-order valence-corrected chi connectivity index (χ2v) is 7.07. The van der Waals surface area contributed by atoms with Gasteiger partial charge in [-0.15, -0.1) is 5.10 Å². The van der Waals surface area contributed by atoms with Crippen molar-refractivity contribution in [1.29, 1.82) is 0 Å². The van der Waals surface area contributed by atoms with E-state index in [4.69, 9.17) is 4.74 Å². The Kier molecular flexibility index (Phi) is 4.99. The van der Waals surface area contributed by atoms with Gasteiger partial charge < -0.3 is 10.1 Å². The van der Waals surface area contributed by atoms with Crippen molar-refractivity contribution in [3.8, 4) is 5.75 Å². The highest BCUT2D eigenvalue weighted by Gasteiger charge is 2.12. The number of carbonyl (C=O) groups excluding carboxylic acids is 1. The molecule has 6 nitrogen and oxygen atoms in total. The quantitative estimate of drug-likeness (QED) is 0.553. The number of hydrogen-bond acceptors (Lipinski definition) is 4. The van der Waals surface area contributed by atoms with Gasteiger partial charge in [0, 0.05) is 11.3 Å². The molecule has 0 radical (unpaired) electrons. The van der Waals surface area contributed by atoms with Crippen LogP contribution < -0.4 is 10.1 Å². The summed E-state index contributed by atoms with van der Waals surface area (Å²) in [5, 5.41) is 11.5. The molecule has 29 heavy (non-hydrogen) atoms. The van der Waals surface area contributed by atoms with Gasteiger partial charge in [0.05, 0.1) is 19.2 Å². The summed E-state index contributed by atoms with van der Waals surface area (Å²) >= 11 is 0. The lowest BCUT2D eigenvalue weighted by molar-refractivity contribution is 0.102. The predicted molar refractivity (Wildman–Crippen MR) is 113 cm³/mol. The Balaban J connectivity index is 1.57. The number of ether oxygens (including phenoxy) is 1. The monoisotopic (exact) mass is 386 g/mol. The van der Waals surface area contributed by atoms with Gasteiger partial charge in [0.2, 0.25) is 0 Å². The Morgan fingerprint density at radius 3 is 2.76 bits per heavy atom. The van der Waals surface area contributed by atoms with Crippen LogP contribution in [0.25, 0.3) is 11.0 Å². The van der Waals surface area contributed by atoms with Crippen molar-refractivity contribution >= 4 is 22.6 Å². The van der Waals surface area contributed by atoms with Gasteiger partial charge in [0.1, 0.15) is 11.3 Å². The molecule has 1 aromatic heterocycles. The van der Waals surface area contributed by atoms with Gasteiger partial charge in [-0.2, -0.15) is 0 Å². The molecule has 0 saturated carbocycles. The van der Waals surface area contributed by atoms with E-state index in [1.165, 1.54) is 0 Å². The van der Waals surface area contributed by atoms with Gasteiger partial charge in [-0.05, 0) is 66.9 Å². The average Bonchev–Trinajstić information content (AvgIpc) is 3.13. The summed E-state index contributed by atoms with van der Waals surface area (Å²) in [5.74, 6) is 0.639. The minimum absolute atomic E-state index is 0.164. The first-order valence-corrected chi connectivity index (χ1v) is 9.38. The third kappa shape index (κ3) is 3.96. The first-order chi connectivity index (χ1) is 14.0. The number of aryl methyl sites for hydroxylation is 2. The van der Waals surface area contributed by atoms with Crippen LogP contribution >= 0.6 is 0 Å². The molecule has 146 valence electrons. The van der Waals surface area contributed by atoms with Crippen molar-refractivity contribution in [3.63, 3.8) is 0 Å². The predicted octanol–water partition coefficient (Wildman–Crippen LogP) is 4.36. The Morgan fingerprint density at radius 1 is 1.07 bits per heavy atom. The number of aromatic nitrogens is 3. The number of methoxy groups -OCH3 is 1. The summed E-state index contributed by atoms with van der Waals surface area (Å²) in [6, 6.07) is 19.3. The minimum atomic E-state index is -0.164. The molecule has 1 N–H and O–H groups in total. The molecule has 1 heterocycles. The molecule has 0 spiro atoms. The molecule has 1 amide bonds. The van der Waals surface area contributed by atoms with Crippen LogP contribution in [0.2, 0.25) is 0 Å². The topological polar surface area (TPSA) is 69.0 Å². The van der Waals surface area contributed by atoms with Crippen LogP contribution in [-0.2, 0) is 6.54 Å². The van der Waals surface area contributed by atoms with Crippen LogP contribution in [0.4, 0.5) is 5.69 Å². The van der Waals surface area contributed by atoms with E-state index in [1.54, 1.807) is 19.2 Å². The van der Waals surface area contributed by atoms with E-state index < -0.39 is 0 Å². The van der Waals surface area contributed by atoms with Crippen molar-refractivity contribution < 1.29 is 9.53 Å². The number of carbonyl (C=O) groups is 1. The van der Waals surface area contributed by atoms with Gasteiger partial charge in [-0.3, -0.25) is 4.79 Å². The summed E-state index contributed by atoms with van der Waals surface area (Å²) in [4.78, 5) is 12.7. The van der Waals surface area contributed by atoms with Crippen molar-refractivity contribution in [1.82, 2.24) is 15.0 Å². The molecule has 0 bridgehead atoms. The van der Waals surface area contributed by atoms with Gasteiger partial charge in [-0.25, -0.2) is 4.68 Å². The number of hydrogen-bond donors (Lipinski definition) is 1. The van der Waals surface area contributed by atoms with Crippen LogP contribution in [0.15, 0.2) is 60.7 Å². The van der Waals surface area contributed by atoms with Crippen molar-refractivity contribution in [2.24, 2.45) is 0 Å². The molecule has 0 aliphatic heterocycles. The minimum Gasteiger partial charge on any atom is -0.497 e. The molecule has 6 heteroatoms. The molecule has 0 aliphatic carbocycles. The highest BCUT2D eigenvalue weighted by atomic mass is 16.5. The molecule has 0 unspecified atom stereocenters. The number of nitrogens with zero attached hydrogens (tertiary/aromatic N) is 3. The smallest absolute Gasteiger partial charge is 0.255 e. The number of rotatable bonds is 5. The third-order valence-corrected chi connectivity index (χ3v) is 4.88. The standard InChI is InChI=1S/C23H22N4O2/c1-15-7-8-16(2)20(11-15)24-23(28)18-9-10-22-21(13-18)25-26-27(22)14-17-5-4-6-19(12-17)29-3/h4-13H,14H2,1-3H3,(H,24,28). The fourth-order valence-electron chi connectivity index (χ4n) is 3.24. The fraction of sp³-hybridized carbons (Fsp3) is 0.174. The van der Waals surface area contributed by atoms with Gasteiger partial charge in [0.25, 0.3) is 5.91 Å². The SMILES string of the molecule is COc1cccc(Cn2nnc3cc(C(=O)Nc4cc(C)ccc4C)ccc32)c1. The molecule has 4 aromatic rings. The van der Waals surface area contributed by atoms with Gasteiger partial charge >= 0.3 is 0 Å². The van der Waals surface area contributed by atoms with E-state index in [0.717, 1.165) is 33.6 Å². The van der Waals surface area contributed by atoms with Crippen LogP contribution in [0.3, 0.4) is 0 Å². The lowest BCUT2D eigenvalue weighted by atomic mass is 10.1. The van der Waals surface area contributed by atoms with Crippen LogP contribution in [0.5, 0.6) is 5.75 Å². The first kappa shape index (κ1) is 18.7. The molecule has 3 aromatic carbocycles. The summed E-state index contributed by atoms with van der Waals surface area (Å²) in [6.07, 6.45) is 0. The number of anilines is 1. The maximum absolute atomic E-state index is 12.7. The highest BCUT2D eigenvalue weighted by Crippen LogP contribution is 2.20. The first-order valence-electron chi connectivity index (χ1n) is 9.38. The molecular weight excluding hydrogens is 364 g/mol. The average molecular weight is 386 g/mol. The Morgan fingerprint density at radius 2 is 1.93 bits per heavy atom.